The van der Waals surface area contributed by atoms with Crippen molar-refractivity contribution in [1.29, 1.82) is 0 Å². The van der Waals surface area contributed by atoms with Gasteiger partial charge in [0.25, 0.3) is 0 Å². The van der Waals surface area contributed by atoms with Crippen LogP contribution in [0.5, 0.6) is 0 Å². The molecule has 10 heteroatoms. The minimum absolute atomic E-state index is 0.0656. The monoisotopic (exact) mass is 566 g/mol. The molecule has 1 aliphatic carbocycles. The molecule has 0 N–H and O–H groups in total. The number of hydrogen-bond donors (Lipinski definition) is 0. The van der Waals surface area contributed by atoms with Gasteiger partial charge >= 0.3 is 0 Å². The van der Waals surface area contributed by atoms with Gasteiger partial charge in [-0.2, -0.15) is 0 Å². The Labute approximate surface area is 230 Å². The van der Waals surface area contributed by atoms with E-state index >= 15 is 0 Å². The van der Waals surface area contributed by atoms with Crippen molar-refractivity contribution in [2.24, 2.45) is 7.05 Å². The van der Waals surface area contributed by atoms with Crippen LogP contribution in [-0.2, 0) is 7.05 Å². The van der Waals surface area contributed by atoms with Gasteiger partial charge in [-0.15, -0.1) is 0 Å². The predicted molar refractivity (Wildman–Crippen MR) is 146 cm³/mol. The zero-order chi connectivity index (χ0) is 26.0. The van der Waals surface area contributed by atoms with E-state index in [0.717, 1.165) is 17.1 Å². The average Bonchev–Trinajstić information content (AvgIpc) is 3.51. The van der Waals surface area contributed by atoms with Crippen LogP contribution in [0.15, 0.2) is 66.2 Å². The molecule has 1 aliphatic rings. The molecule has 0 bridgehead atoms. The molecule has 0 saturated heterocycles. The second kappa shape index (κ2) is 8.85. The van der Waals surface area contributed by atoms with Crippen LogP contribution >= 0.6 is 46.4 Å². The molecule has 0 fully saturated rings. The summed E-state index contributed by atoms with van der Waals surface area (Å²) >= 11 is 24.9. The molecular formula is C27H14Cl4N4O2. The fraction of sp³-hybridized carbons (Fsp3) is 0.0370. The molecule has 0 spiro atoms. The van der Waals surface area contributed by atoms with Gasteiger partial charge in [-0.05, 0) is 18.2 Å². The fourth-order valence-electron chi connectivity index (χ4n) is 4.48. The summed E-state index contributed by atoms with van der Waals surface area (Å²) in [6.07, 6.45) is 1.43. The number of halogens is 4. The normalized spacial score (nSPS) is 13.1. The van der Waals surface area contributed by atoms with Gasteiger partial charge < -0.3 is 4.57 Å². The number of carbonyl (C=O) groups excluding carboxylic acids is 2. The zero-order valence-electron chi connectivity index (χ0n) is 19.0. The number of aromatic nitrogens is 4. The maximum absolute atomic E-state index is 13.4. The Bertz CT molecular complexity index is 1760. The minimum atomic E-state index is -0.602. The summed E-state index contributed by atoms with van der Waals surface area (Å²) in [4.78, 5) is 36.4. The molecule has 6 rings (SSSR count). The van der Waals surface area contributed by atoms with Crippen molar-refractivity contribution in [3.8, 4) is 17.1 Å². The first kappa shape index (κ1) is 23.9. The maximum atomic E-state index is 13.4. The van der Waals surface area contributed by atoms with Crippen LogP contribution in [-0.4, -0.2) is 30.7 Å². The lowest BCUT2D eigenvalue weighted by molar-refractivity contribution is 0.0990. The van der Waals surface area contributed by atoms with E-state index in [1.165, 1.54) is 6.08 Å². The lowest BCUT2D eigenvalue weighted by atomic mass is 10.1. The van der Waals surface area contributed by atoms with E-state index in [-0.39, 0.29) is 36.8 Å². The molecule has 0 radical (unpaired) electrons. The third-order valence-corrected chi connectivity index (χ3v) is 8.04. The number of fused-ring (bicyclic) bond motifs is 2. The number of carbonyl (C=O) groups is 2. The topological polar surface area (TPSA) is 69.8 Å². The lowest BCUT2D eigenvalue weighted by Crippen LogP contribution is -2.04. The Morgan fingerprint density at radius 3 is 1.81 bits per heavy atom. The van der Waals surface area contributed by atoms with Gasteiger partial charge in [0.1, 0.15) is 11.6 Å². The third-order valence-electron chi connectivity index (χ3n) is 6.24. The van der Waals surface area contributed by atoms with Crippen molar-refractivity contribution in [2.45, 2.75) is 0 Å². The van der Waals surface area contributed by atoms with Crippen LogP contribution in [0.3, 0.4) is 0 Å². The number of nitrogens with zero attached hydrogens (tertiary/aromatic N) is 4. The van der Waals surface area contributed by atoms with E-state index in [1.807, 2.05) is 72.3 Å². The molecule has 0 unspecified atom stereocenters. The van der Waals surface area contributed by atoms with Crippen molar-refractivity contribution < 1.29 is 9.59 Å². The van der Waals surface area contributed by atoms with E-state index in [9.17, 15) is 9.59 Å². The molecule has 2 aromatic heterocycles. The van der Waals surface area contributed by atoms with E-state index in [1.54, 1.807) is 4.57 Å². The number of ketones is 2. The maximum Gasteiger partial charge on any atom is 0.199 e. The molecule has 0 amide bonds. The van der Waals surface area contributed by atoms with Crippen LogP contribution in [0.2, 0.25) is 20.1 Å². The molecular weight excluding hydrogens is 554 g/mol. The van der Waals surface area contributed by atoms with Gasteiger partial charge in [0.05, 0.1) is 36.8 Å². The number of aryl methyl sites for hydroxylation is 1. The van der Waals surface area contributed by atoms with E-state index < -0.39 is 11.6 Å². The second-order valence-electron chi connectivity index (χ2n) is 8.37. The molecule has 182 valence electrons. The quantitative estimate of drug-likeness (QED) is 0.0979. The highest BCUT2D eigenvalue weighted by atomic mass is 35.5. The summed E-state index contributed by atoms with van der Waals surface area (Å²) in [6, 6.07) is 19.2. The summed E-state index contributed by atoms with van der Waals surface area (Å²) in [5.41, 5.74) is 2.55. The standard InChI is InChI=1S/C27H14Cl4N4O2/c1-34-25(13-8-4-2-5-9-13)33-27-26(34)32-16(35(27)14-10-6-3-7-11-14)12-15-23(36)17-18(24(15)37)20(29)22(31)21(30)19(17)28/h2-12H,1H3. The summed E-state index contributed by atoms with van der Waals surface area (Å²) in [7, 11) is 1.86. The van der Waals surface area contributed by atoms with Crippen molar-refractivity contribution in [2.75, 3.05) is 0 Å². The fourth-order valence-corrected chi connectivity index (χ4v) is 5.51. The SMILES string of the molecule is Cn1c(-c2ccccc2)nc2c1nc(C=C1C(=O)c3c(Cl)c(Cl)c(Cl)c(Cl)c3C1=O)n2-c1ccccc1. The van der Waals surface area contributed by atoms with E-state index in [0.29, 0.717) is 17.1 Å². The van der Waals surface area contributed by atoms with Crippen LogP contribution in [0.1, 0.15) is 26.5 Å². The van der Waals surface area contributed by atoms with Crippen molar-refractivity contribution in [3.63, 3.8) is 0 Å². The first-order chi connectivity index (χ1) is 17.8. The van der Waals surface area contributed by atoms with E-state index in [4.69, 9.17) is 56.4 Å². The zero-order valence-corrected chi connectivity index (χ0v) is 22.0. The van der Waals surface area contributed by atoms with Crippen molar-refractivity contribution in [3.05, 3.63) is 103 Å². The highest BCUT2D eigenvalue weighted by molar-refractivity contribution is 6.57. The number of benzene rings is 3. The van der Waals surface area contributed by atoms with Crippen molar-refractivity contribution >= 4 is 75.3 Å². The van der Waals surface area contributed by atoms with Crippen LogP contribution in [0.4, 0.5) is 0 Å². The first-order valence-corrected chi connectivity index (χ1v) is 12.5. The number of imidazole rings is 2. The number of para-hydroxylation sites is 1. The third kappa shape index (κ3) is 3.55. The molecule has 3 aromatic carbocycles. The highest BCUT2D eigenvalue weighted by Gasteiger charge is 2.40. The lowest BCUT2D eigenvalue weighted by Gasteiger charge is -2.07. The Balaban J connectivity index is 1.59. The predicted octanol–water partition coefficient (Wildman–Crippen LogP) is 7.50. The summed E-state index contributed by atoms with van der Waals surface area (Å²) in [5, 5.41) is -0.385. The Morgan fingerprint density at radius 2 is 1.24 bits per heavy atom. The second-order valence-corrected chi connectivity index (χ2v) is 9.88. The average molecular weight is 568 g/mol. The van der Waals surface area contributed by atoms with Gasteiger partial charge in [-0.1, -0.05) is 94.9 Å². The molecule has 5 aromatic rings. The Hall–Kier alpha value is -3.42. The minimum Gasteiger partial charge on any atom is -0.310 e. The van der Waals surface area contributed by atoms with Crippen molar-refractivity contribution in [1.82, 2.24) is 19.1 Å². The van der Waals surface area contributed by atoms with Crippen LogP contribution in [0, 0.1) is 0 Å². The number of allylic oxidation sites excluding steroid dienone is 1. The summed E-state index contributed by atoms with van der Waals surface area (Å²) in [5.74, 6) is -0.136. The van der Waals surface area contributed by atoms with Gasteiger partial charge in [-0.3, -0.25) is 14.2 Å². The summed E-state index contributed by atoms with van der Waals surface area (Å²) < 4.78 is 3.66. The smallest absolute Gasteiger partial charge is 0.199 e. The van der Waals surface area contributed by atoms with Crippen LogP contribution < -0.4 is 0 Å². The van der Waals surface area contributed by atoms with Gasteiger partial charge in [0.2, 0.25) is 0 Å². The van der Waals surface area contributed by atoms with E-state index in [2.05, 4.69) is 0 Å². The van der Waals surface area contributed by atoms with Gasteiger partial charge in [0, 0.05) is 18.3 Å². The van der Waals surface area contributed by atoms with Gasteiger partial charge in [-0.25, -0.2) is 9.97 Å². The Morgan fingerprint density at radius 1 is 0.703 bits per heavy atom. The van der Waals surface area contributed by atoms with Gasteiger partial charge in [0.15, 0.2) is 22.9 Å². The Kier molecular flexibility index (Phi) is 5.73. The molecule has 37 heavy (non-hydrogen) atoms. The molecule has 0 atom stereocenters. The number of hydrogen-bond acceptors (Lipinski definition) is 4. The number of rotatable bonds is 3. The van der Waals surface area contributed by atoms with Crippen LogP contribution in [0.25, 0.3) is 34.4 Å². The summed E-state index contributed by atoms with van der Waals surface area (Å²) in [6.45, 7) is 0. The number of Topliss-reactive ketones (excluding diaryl/α,β-unsaturated/α-hetero) is 2. The molecule has 0 aliphatic heterocycles. The largest absolute Gasteiger partial charge is 0.310 e. The molecule has 2 heterocycles. The highest BCUT2D eigenvalue weighted by Crippen LogP contribution is 2.46. The molecule has 6 nitrogen and oxygen atoms in total. The first-order valence-electron chi connectivity index (χ1n) is 11.0. The molecule has 0 saturated carbocycles.